The molecule has 6 nitrogen and oxygen atoms in total. The Kier molecular flexibility index (Phi) is 5.18. The number of carbonyl (C=O) groups is 2. The predicted octanol–water partition coefficient (Wildman–Crippen LogP) is 3.30. The fourth-order valence-electron chi connectivity index (χ4n) is 2.88. The normalized spacial score (nSPS) is 19.4. The zero-order valence-corrected chi connectivity index (χ0v) is 16.1. The molecule has 7 heteroatoms. The van der Waals surface area contributed by atoms with Gasteiger partial charge in [-0.2, -0.15) is 0 Å². The predicted molar refractivity (Wildman–Crippen MR) is 100 cm³/mol. The third-order valence-electron chi connectivity index (χ3n) is 4.33. The molecule has 26 heavy (non-hydrogen) atoms. The lowest BCUT2D eigenvalue weighted by atomic mass is 9.92. The number of ether oxygens (including phenoxy) is 2. The van der Waals surface area contributed by atoms with E-state index in [4.69, 9.17) is 9.47 Å². The summed E-state index contributed by atoms with van der Waals surface area (Å²) in [4.78, 5) is 26.4. The number of hydrogen-bond acceptors (Lipinski definition) is 4. The standard InChI is InChI=1S/C19H19BrN2O4/c1-19(15-5-3-4-6-16(15)20)17(23)22(18(24)21-19)11-12-26-14-9-7-13(25-2)8-10-14/h3-10H,11-12H2,1-2H3,(H,21,24)/t19-/m0/s1. The van der Waals surface area contributed by atoms with Gasteiger partial charge in [-0.15, -0.1) is 0 Å². The number of rotatable bonds is 6. The van der Waals surface area contributed by atoms with Crippen molar-refractivity contribution < 1.29 is 19.1 Å². The summed E-state index contributed by atoms with van der Waals surface area (Å²) in [6, 6.07) is 14.0. The van der Waals surface area contributed by atoms with Crippen molar-refractivity contribution in [1.29, 1.82) is 0 Å². The third kappa shape index (κ3) is 3.39. The van der Waals surface area contributed by atoms with Crippen molar-refractivity contribution in [2.24, 2.45) is 0 Å². The van der Waals surface area contributed by atoms with E-state index in [1.807, 2.05) is 24.3 Å². The Labute approximate surface area is 160 Å². The van der Waals surface area contributed by atoms with Crippen LogP contribution in [0.25, 0.3) is 0 Å². The highest BCUT2D eigenvalue weighted by Gasteiger charge is 2.49. The van der Waals surface area contributed by atoms with Crippen molar-refractivity contribution in [3.63, 3.8) is 0 Å². The number of benzene rings is 2. The van der Waals surface area contributed by atoms with Gasteiger partial charge in [0.15, 0.2) is 0 Å². The van der Waals surface area contributed by atoms with Crippen molar-refractivity contribution in [3.05, 3.63) is 58.6 Å². The first-order chi connectivity index (χ1) is 12.5. The van der Waals surface area contributed by atoms with Crippen LogP contribution in [0.5, 0.6) is 11.5 Å². The first kappa shape index (κ1) is 18.3. The largest absolute Gasteiger partial charge is 0.497 e. The van der Waals surface area contributed by atoms with Gasteiger partial charge >= 0.3 is 6.03 Å². The van der Waals surface area contributed by atoms with E-state index in [0.717, 1.165) is 15.8 Å². The minimum absolute atomic E-state index is 0.163. The highest BCUT2D eigenvalue weighted by molar-refractivity contribution is 9.10. The topological polar surface area (TPSA) is 67.9 Å². The highest BCUT2D eigenvalue weighted by Crippen LogP contribution is 2.33. The number of halogens is 1. The van der Waals surface area contributed by atoms with E-state index in [9.17, 15) is 9.59 Å². The summed E-state index contributed by atoms with van der Waals surface area (Å²) >= 11 is 3.45. The summed E-state index contributed by atoms with van der Waals surface area (Å²) in [7, 11) is 1.59. The lowest BCUT2D eigenvalue weighted by Crippen LogP contribution is -2.41. The number of methoxy groups -OCH3 is 1. The van der Waals surface area contributed by atoms with Crippen LogP contribution in [0, 0.1) is 0 Å². The van der Waals surface area contributed by atoms with Gasteiger partial charge in [0.05, 0.1) is 13.7 Å². The van der Waals surface area contributed by atoms with Crippen LogP contribution in [0.15, 0.2) is 53.0 Å². The molecular weight excluding hydrogens is 400 g/mol. The van der Waals surface area contributed by atoms with E-state index in [1.54, 1.807) is 38.3 Å². The summed E-state index contributed by atoms with van der Waals surface area (Å²) in [6.45, 7) is 2.08. The monoisotopic (exact) mass is 418 g/mol. The molecule has 2 aromatic carbocycles. The zero-order chi connectivity index (χ0) is 18.7. The number of nitrogens with one attached hydrogen (secondary N) is 1. The van der Waals surface area contributed by atoms with E-state index in [0.29, 0.717) is 5.75 Å². The maximum Gasteiger partial charge on any atom is 0.325 e. The van der Waals surface area contributed by atoms with Crippen LogP contribution in [-0.2, 0) is 10.3 Å². The van der Waals surface area contributed by atoms with Gasteiger partial charge in [0.25, 0.3) is 5.91 Å². The van der Waals surface area contributed by atoms with Gasteiger partial charge in [0, 0.05) is 10.0 Å². The molecule has 0 saturated carbocycles. The van der Waals surface area contributed by atoms with E-state index in [-0.39, 0.29) is 19.1 Å². The number of urea groups is 1. The molecule has 136 valence electrons. The number of carbonyl (C=O) groups excluding carboxylic acids is 2. The number of imide groups is 1. The Morgan fingerprint density at radius 3 is 2.38 bits per heavy atom. The Hall–Kier alpha value is -2.54. The van der Waals surface area contributed by atoms with Crippen LogP contribution in [0.1, 0.15) is 12.5 Å². The second-order valence-electron chi connectivity index (χ2n) is 6.02. The summed E-state index contributed by atoms with van der Waals surface area (Å²) < 4.78 is 11.5. The molecule has 0 bridgehead atoms. The number of hydrogen-bond donors (Lipinski definition) is 1. The minimum atomic E-state index is -1.10. The Bertz CT molecular complexity index is 825. The van der Waals surface area contributed by atoms with Crippen molar-refractivity contribution in [2.45, 2.75) is 12.5 Å². The summed E-state index contributed by atoms with van der Waals surface area (Å²) in [5, 5.41) is 2.79. The molecule has 0 spiro atoms. The summed E-state index contributed by atoms with van der Waals surface area (Å²) in [5.41, 5.74) is -0.381. The first-order valence-corrected chi connectivity index (χ1v) is 8.91. The average Bonchev–Trinajstić information content (AvgIpc) is 2.86. The van der Waals surface area contributed by atoms with Gasteiger partial charge in [0.1, 0.15) is 23.6 Å². The van der Waals surface area contributed by atoms with E-state index >= 15 is 0 Å². The zero-order valence-electron chi connectivity index (χ0n) is 14.5. The molecule has 3 rings (SSSR count). The molecular formula is C19H19BrN2O4. The molecule has 0 aliphatic carbocycles. The van der Waals surface area contributed by atoms with E-state index < -0.39 is 11.6 Å². The SMILES string of the molecule is COc1ccc(OCCN2C(=O)N[C@@](C)(c3ccccc3Br)C2=O)cc1. The minimum Gasteiger partial charge on any atom is -0.497 e. The Balaban J connectivity index is 1.66. The quantitative estimate of drug-likeness (QED) is 0.730. The van der Waals surface area contributed by atoms with Gasteiger partial charge in [-0.25, -0.2) is 4.79 Å². The van der Waals surface area contributed by atoms with Gasteiger partial charge in [-0.1, -0.05) is 34.1 Å². The second-order valence-corrected chi connectivity index (χ2v) is 6.87. The molecule has 2 aromatic rings. The molecule has 1 fully saturated rings. The maximum absolute atomic E-state index is 12.9. The fraction of sp³-hybridized carbons (Fsp3) is 0.263. The van der Waals surface area contributed by atoms with Crippen molar-refractivity contribution >= 4 is 27.9 Å². The molecule has 3 amide bonds. The first-order valence-electron chi connectivity index (χ1n) is 8.11. The summed E-state index contributed by atoms with van der Waals surface area (Å²) in [5.74, 6) is 1.08. The van der Waals surface area contributed by atoms with Crippen molar-refractivity contribution in [3.8, 4) is 11.5 Å². The van der Waals surface area contributed by atoms with Crippen LogP contribution in [-0.4, -0.2) is 37.1 Å². The lowest BCUT2D eigenvalue weighted by Gasteiger charge is -2.23. The number of amides is 3. The van der Waals surface area contributed by atoms with Gasteiger partial charge in [-0.3, -0.25) is 9.69 Å². The molecule has 0 unspecified atom stereocenters. The molecule has 1 aliphatic heterocycles. The third-order valence-corrected chi connectivity index (χ3v) is 5.02. The Morgan fingerprint density at radius 1 is 1.08 bits per heavy atom. The van der Waals surface area contributed by atoms with E-state index in [1.165, 1.54) is 4.90 Å². The fourth-order valence-corrected chi connectivity index (χ4v) is 3.56. The second kappa shape index (κ2) is 7.37. The maximum atomic E-state index is 12.9. The van der Waals surface area contributed by atoms with Crippen molar-refractivity contribution in [2.75, 3.05) is 20.3 Å². The molecule has 1 saturated heterocycles. The average molecular weight is 419 g/mol. The summed E-state index contributed by atoms with van der Waals surface area (Å²) in [6.07, 6.45) is 0. The van der Waals surface area contributed by atoms with Crippen LogP contribution in [0.4, 0.5) is 4.79 Å². The lowest BCUT2D eigenvalue weighted by molar-refractivity contribution is -0.131. The van der Waals surface area contributed by atoms with Gasteiger partial charge < -0.3 is 14.8 Å². The van der Waals surface area contributed by atoms with Crippen LogP contribution >= 0.6 is 15.9 Å². The van der Waals surface area contributed by atoms with Crippen LogP contribution in [0.2, 0.25) is 0 Å². The Morgan fingerprint density at radius 2 is 1.73 bits per heavy atom. The molecule has 1 aliphatic rings. The van der Waals surface area contributed by atoms with Crippen molar-refractivity contribution in [1.82, 2.24) is 10.2 Å². The molecule has 0 radical (unpaired) electrons. The molecule has 0 aromatic heterocycles. The molecule has 1 atom stereocenters. The van der Waals surface area contributed by atoms with Gasteiger partial charge in [0.2, 0.25) is 0 Å². The van der Waals surface area contributed by atoms with Crippen LogP contribution in [0.3, 0.4) is 0 Å². The van der Waals surface area contributed by atoms with E-state index in [2.05, 4.69) is 21.2 Å². The molecule has 1 heterocycles. The smallest absolute Gasteiger partial charge is 0.325 e. The van der Waals surface area contributed by atoms with Crippen LogP contribution < -0.4 is 14.8 Å². The molecule has 1 N–H and O–H groups in total. The van der Waals surface area contributed by atoms with Gasteiger partial charge in [-0.05, 0) is 37.3 Å². The number of nitrogens with zero attached hydrogens (tertiary/aromatic N) is 1. The highest BCUT2D eigenvalue weighted by atomic mass is 79.9.